The molecule has 0 aliphatic rings. The average Bonchev–Trinajstić information content (AvgIpc) is 2.60. The molecule has 0 aliphatic carbocycles. The molecule has 3 aromatic carbocycles. The molecule has 0 saturated heterocycles. The number of halogens is 1. The third kappa shape index (κ3) is 4.40. The Bertz CT molecular complexity index is 898. The van der Waals surface area contributed by atoms with Crippen LogP contribution in [0.15, 0.2) is 60.7 Å². The number of fused-ring (bicyclic) bond motifs is 1. The Morgan fingerprint density at radius 3 is 2.64 bits per heavy atom. The van der Waals surface area contributed by atoms with Crippen LogP contribution < -0.4 is 5.32 Å². The third-order valence-electron chi connectivity index (χ3n) is 4.43. The van der Waals surface area contributed by atoms with Crippen LogP contribution in [0.3, 0.4) is 0 Å². The van der Waals surface area contributed by atoms with Crippen molar-refractivity contribution in [1.29, 1.82) is 0 Å². The van der Waals surface area contributed by atoms with Crippen molar-refractivity contribution in [3.8, 4) is 0 Å². The molecule has 2 nitrogen and oxygen atoms in total. The monoisotopic (exact) mass is 443 g/mol. The Morgan fingerprint density at radius 1 is 1.08 bits per heavy atom. The van der Waals surface area contributed by atoms with E-state index in [9.17, 15) is 4.79 Å². The van der Waals surface area contributed by atoms with Gasteiger partial charge in [0.25, 0.3) is 5.91 Å². The van der Waals surface area contributed by atoms with Gasteiger partial charge in [0.2, 0.25) is 0 Å². The van der Waals surface area contributed by atoms with Gasteiger partial charge in [0.1, 0.15) is 0 Å². The van der Waals surface area contributed by atoms with E-state index in [0.29, 0.717) is 12.5 Å². The number of benzene rings is 3. The highest BCUT2D eigenvalue weighted by Gasteiger charge is 2.12. The molecule has 0 fully saturated rings. The van der Waals surface area contributed by atoms with E-state index >= 15 is 0 Å². The topological polar surface area (TPSA) is 29.1 Å². The second kappa shape index (κ2) is 8.00. The summed E-state index contributed by atoms with van der Waals surface area (Å²) in [7, 11) is 0. The predicted octanol–water partition coefficient (Wildman–Crippen LogP) is 5.36. The Labute approximate surface area is 162 Å². The highest BCUT2D eigenvalue weighted by atomic mass is 127. The summed E-state index contributed by atoms with van der Waals surface area (Å²) in [6.07, 6.45) is 0.951. The van der Waals surface area contributed by atoms with E-state index in [4.69, 9.17) is 0 Å². The lowest BCUT2D eigenvalue weighted by Gasteiger charge is -2.15. The first-order valence-corrected chi connectivity index (χ1v) is 9.63. The van der Waals surface area contributed by atoms with Crippen LogP contribution in [0.4, 0.5) is 0 Å². The maximum atomic E-state index is 12.4. The molecule has 128 valence electrons. The first-order valence-electron chi connectivity index (χ1n) is 8.55. The molecule has 0 aromatic heterocycles. The highest BCUT2D eigenvalue weighted by molar-refractivity contribution is 14.1. The second-order valence-electron chi connectivity index (χ2n) is 6.64. The summed E-state index contributed by atoms with van der Waals surface area (Å²) in [6, 6.07) is 20.8. The van der Waals surface area contributed by atoms with Crippen molar-refractivity contribution >= 4 is 39.3 Å². The standard InChI is InChI=1S/C22H22INO/c1-15-10-11-20(21(23)13-15)22(25)24-14-16(2)12-18-8-5-7-17-6-3-4-9-19(17)18/h3-11,13,16H,12,14H2,1-2H3,(H,24,25)/t16-/m1/s1. The van der Waals surface area contributed by atoms with Crippen molar-refractivity contribution in [3.05, 3.63) is 80.9 Å². The smallest absolute Gasteiger partial charge is 0.252 e. The number of aryl methyl sites for hydroxylation is 1. The lowest BCUT2D eigenvalue weighted by molar-refractivity contribution is 0.0947. The molecule has 0 bridgehead atoms. The van der Waals surface area contributed by atoms with Gasteiger partial charge in [0, 0.05) is 10.1 Å². The average molecular weight is 443 g/mol. The van der Waals surface area contributed by atoms with Crippen LogP contribution in [-0.2, 0) is 6.42 Å². The number of rotatable bonds is 5. The van der Waals surface area contributed by atoms with Crippen LogP contribution in [0.2, 0.25) is 0 Å². The molecule has 1 atom stereocenters. The van der Waals surface area contributed by atoms with E-state index in [1.807, 2.05) is 25.1 Å². The van der Waals surface area contributed by atoms with E-state index < -0.39 is 0 Å². The van der Waals surface area contributed by atoms with E-state index in [-0.39, 0.29) is 5.91 Å². The van der Waals surface area contributed by atoms with Gasteiger partial charge in [0.15, 0.2) is 0 Å². The molecule has 1 N–H and O–H groups in total. The summed E-state index contributed by atoms with van der Waals surface area (Å²) in [5, 5.41) is 5.65. The second-order valence-corrected chi connectivity index (χ2v) is 7.80. The van der Waals surface area contributed by atoms with Crippen molar-refractivity contribution in [3.63, 3.8) is 0 Å². The van der Waals surface area contributed by atoms with Crippen molar-refractivity contribution in [2.75, 3.05) is 6.54 Å². The highest BCUT2D eigenvalue weighted by Crippen LogP contribution is 2.21. The SMILES string of the molecule is Cc1ccc(C(=O)NC[C@H](C)Cc2cccc3ccccc23)c(I)c1. The van der Waals surface area contributed by atoms with Crippen LogP contribution in [0.5, 0.6) is 0 Å². The Balaban J connectivity index is 1.64. The molecule has 0 heterocycles. The van der Waals surface area contributed by atoms with Crippen LogP contribution in [0.25, 0.3) is 10.8 Å². The van der Waals surface area contributed by atoms with Crippen LogP contribution in [0, 0.1) is 16.4 Å². The minimum atomic E-state index is 0.00849. The van der Waals surface area contributed by atoms with Crippen molar-refractivity contribution in [1.82, 2.24) is 5.32 Å². The Kier molecular flexibility index (Phi) is 5.74. The van der Waals surface area contributed by atoms with Gasteiger partial charge in [-0.05, 0) is 70.3 Å². The fraction of sp³-hybridized carbons (Fsp3) is 0.227. The Hall–Kier alpha value is -1.88. The van der Waals surface area contributed by atoms with Crippen LogP contribution in [0.1, 0.15) is 28.4 Å². The number of carbonyl (C=O) groups is 1. The normalized spacial score (nSPS) is 12.1. The molecule has 0 spiro atoms. The lowest BCUT2D eigenvalue weighted by Crippen LogP contribution is -2.29. The molecule has 0 saturated carbocycles. The van der Waals surface area contributed by atoms with Gasteiger partial charge in [-0.15, -0.1) is 0 Å². The minimum absolute atomic E-state index is 0.00849. The van der Waals surface area contributed by atoms with E-state index in [1.165, 1.54) is 21.9 Å². The number of nitrogens with one attached hydrogen (secondary N) is 1. The molecular weight excluding hydrogens is 421 g/mol. The number of hydrogen-bond donors (Lipinski definition) is 1. The minimum Gasteiger partial charge on any atom is -0.352 e. The predicted molar refractivity (Wildman–Crippen MR) is 113 cm³/mol. The molecule has 25 heavy (non-hydrogen) atoms. The summed E-state index contributed by atoms with van der Waals surface area (Å²) in [4.78, 5) is 12.4. The van der Waals surface area contributed by atoms with Crippen molar-refractivity contribution in [2.45, 2.75) is 20.3 Å². The molecule has 0 aliphatic heterocycles. The van der Waals surface area contributed by atoms with Crippen molar-refractivity contribution in [2.24, 2.45) is 5.92 Å². The molecule has 3 rings (SSSR count). The van der Waals surface area contributed by atoms with Gasteiger partial charge in [0.05, 0.1) is 5.56 Å². The molecule has 1 amide bonds. The number of carbonyl (C=O) groups excluding carboxylic acids is 1. The van der Waals surface area contributed by atoms with Gasteiger partial charge >= 0.3 is 0 Å². The maximum Gasteiger partial charge on any atom is 0.252 e. The van der Waals surface area contributed by atoms with Crippen LogP contribution >= 0.6 is 22.6 Å². The third-order valence-corrected chi connectivity index (χ3v) is 5.32. The van der Waals surface area contributed by atoms with Gasteiger partial charge in [-0.25, -0.2) is 0 Å². The van der Waals surface area contributed by atoms with Crippen LogP contribution in [-0.4, -0.2) is 12.5 Å². The van der Waals surface area contributed by atoms with Gasteiger partial charge in [-0.3, -0.25) is 4.79 Å². The van der Waals surface area contributed by atoms with E-state index in [1.54, 1.807) is 0 Å². The zero-order valence-electron chi connectivity index (χ0n) is 14.6. The molecule has 0 radical (unpaired) electrons. The molecule has 0 unspecified atom stereocenters. The van der Waals surface area contributed by atoms with Gasteiger partial charge in [-0.2, -0.15) is 0 Å². The first-order chi connectivity index (χ1) is 12.0. The summed E-state index contributed by atoms with van der Waals surface area (Å²) in [5.74, 6) is 0.382. The molecule has 3 heteroatoms. The summed E-state index contributed by atoms with van der Waals surface area (Å²) < 4.78 is 0.997. The summed E-state index contributed by atoms with van der Waals surface area (Å²) >= 11 is 2.23. The van der Waals surface area contributed by atoms with E-state index in [0.717, 1.165) is 15.6 Å². The van der Waals surface area contributed by atoms with Crippen molar-refractivity contribution < 1.29 is 4.79 Å². The zero-order chi connectivity index (χ0) is 17.8. The number of hydrogen-bond acceptors (Lipinski definition) is 1. The number of amides is 1. The van der Waals surface area contributed by atoms with Gasteiger partial charge in [-0.1, -0.05) is 61.0 Å². The quantitative estimate of drug-likeness (QED) is 0.529. The van der Waals surface area contributed by atoms with E-state index in [2.05, 4.69) is 77.3 Å². The molecular formula is C22H22INO. The fourth-order valence-electron chi connectivity index (χ4n) is 3.08. The largest absolute Gasteiger partial charge is 0.352 e. The first kappa shape index (κ1) is 17.9. The lowest BCUT2D eigenvalue weighted by atomic mass is 9.96. The fourth-order valence-corrected chi connectivity index (χ4v) is 4.00. The zero-order valence-corrected chi connectivity index (χ0v) is 16.7. The Morgan fingerprint density at radius 2 is 1.84 bits per heavy atom. The van der Waals surface area contributed by atoms with Gasteiger partial charge < -0.3 is 5.32 Å². The summed E-state index contributed by atoms with van der Waals surface area (Å²) in [6.45, 7) is 4.89. The maximum absolute atomic E-state index is 12.4. The summed E-state index contributed by atoms with van der Waals surface area (Å²) in [5.41, 5.74) is 3.26. The molecule has 3 aromatic rings.